The van der Waals surface area contributed by atoms with E-state index in [0.29, 0.717) is 5.56 Å². The lowest BCUT2D eigenvalue weighted by molar-refractivity contribution is 0.0991. The van der Waals surface area contributed by atoms with E-state index in [9.17, 15) is 13.9 Å². The summed E-state index contributed by atoms with van der Waals surface area (Å²) >= 11 is 0. The van der Waals surface area contributed by atoms with E-state index in [1.807, 2.05) is 13.8 Å². The molecule has 0 saturated heterocycles. The maximum absolute atomic E-state index is 13.6. The van der Waals surface area contributed by atoms with Crippen LogP contribution in [0.5, 0.6) is 0 Å². The Balaban J connectivity index is 2.21. The molecule has 20 heavy (non-hydrogen) atoms. The van der Waals surface area contributed by atoms with Crippen molar-refractivity contribution in [1.29, 1.82) is 0 Å². The van der Waals surface area contributed by atoms with Crippen LogP contribution < -0.4 is 0 Å². The number of aliphatic hydroxyl groups excluding tert-OH is 1. The average Bonchev–Trinajstić information content (AvgIpc) is 2.41. The molecule has 1 unspecified atom stereocenters. The average molecular weight is 276 g/mol. The lowest BCUT2D eigenvalue weighted by atomic mass is 9.77. The molecule has 0 aliphatic rings. The molecule has 0 aliphatic carbocycles. The van der Waals surface area contributed by atoms with E-state index in [2.05, 4.69) is 0 Å². The number of hydrogen-bond donors (Lipinski definition) is 1. The zero-order chi connectivity index (χ0) is 14.8. The molecule has 3 heteroatoms. The first kappa shape index (κ1) is 14.7. The molecule has 0 amide bonds. The monoisotopic (exact) mass is 276 g/mol. The van der Waals surface area contributed by atoms with Crippen molar-refractivity contribution in [2.45, 2.75) is 31.8 Å². The van der Waals surface area contributed by atoms with Gasteiger partial charge in [-0.2, -0.15) is 0 Å². The topological polar surface area (TPSA) is 20.2 Å². The van der Waals surface area contributed by atoms with Crippen molar-refractivity contribution in [2.24, 2.45) is 0 Å². The third kappa shape index (κ3) is 3.05. The highest BCUT2D eigenvalue weighted by Gasteiger charge is 2.30. The lowest BCUT2D eigenvalue weighted by Crippen LogP contribution is -2.35. The number of halogens is 2. The molecule has 1 N–H and O–H groups in total. The third-order valence-corrected chi connectivity index (χ3v) is 3.79. The summed E-state index contributed by atoms with van der Waals surface area (Å²) in [6.45, 7) is 3.73. The molecule has 1 atom stereocenters. The maximum atomic E-state index is 13.6. The van der Waals surface area contributed by atoms with Crippen LogP contribution in [0, 0.1) is 11.6 Å². The van der Waals surface area contributed by atoms with Crippen molar-refractivity contribution in [3.8, 4) is 0 Å². The molecule has 0 heterocycles. The van der Waals surface area contributed by atoms with Gasteiger partial charge >= 0.3 is 0 Å². The summed E-state index contributed by atoms with van der Waals surface area (Å²) in [5.74, 6) is -0.630. The van der Waals surface area contributed by atoms with E-state index in [1.165, 1.54) is 18.2 Å². The molecular weight excluding hydrogens is 258 g/mol. The number of rotatable bonds is 4. The second-order valence-electron chi connectivity index (χ2n) is 5.54. The van der Waals surface area contributed by atoms with E-state index < -0.39 is 11.5 Å². The summed E-state index contributed by atoms with van der Waals surface area (Å²) < 4.78 is 26.6. The molecule has 2 rings (SSSR count). The largest absolute Gasteiger partial charge is 0.392 e. The van der Waals surface area contributed by atoms with Crippen molar-refractivity contribution in [3.63, 3.8) is 0 Å². The summed E-state index contributed by atoms with van der Waals surface area (Å²) in [6, 6.07) is 12.5. The van der Waals surface area contributed by atoms with Crippen molar-refractivity contribution < 1.29 is 13.9 Å². The van der Waals surface area contributed by atoms with Gasteiger partial charge in [-0.05, 0) is 29.3 Å². The van der Waals surface area contributed by atoms with E-state index in [-0.39, 0.29) is 18.1 Å². The molecule has 0 fully saturated rings. The summed E-state index contributed by atoms with van der Waals surface area (Å²) in [6.07, 6.45) is -0.540. The summed E-state index contributed by atoms with van der Waals surface area (Å²) in [5.41, 5.74) is 0.716. The minimum Gasteiger partial charge on any atom is -0.392 e. The molecular formula is C17H18F2O. The van der Waals surface area contributed by atoms with Gasteiger partial charge in [0.1, 0.15) is 11.6 Å². The first-order valence-corrected chi connectivity index (χ1v) is 6.59. The van der Waals surface area contributed by atoms with Gasteiger partial charge in [0, 0.05) is 11.8 Å². The minimum absolute atomic E-state index is 0.219. The fourth-order valence-electron chi connectivity index (χ4n) is 2.20. The van der Waals surface area contributed by atoms with Crippen LogP contribution in [0.2, 0.25) is 0 Å². The Kier molecular flexibility index (Phi) is 4.19. The van der Waals surface area contributed by atoms with E-state index in [4.69, 9.17) is 0 Å². The molecule has 0 spiro atoms. The van der Waals surface area contributed by atoms with Gasteiger partial charge in [-0.3, -0.25) is 0 Å². The highest BCUT2D eigenvalue weighted by molar-refractivity contribution is 5.27. The van der Waals surface area contributed by atoms with Crippen molar-refractivity contribution >= 4 is 0 Å². The Hall–Kier alpha value is -1.74. The quantitative estimate of drug-likeness (QED) is 0.899. The van der Waals surface area contributed by atoms with Crippen molar-refractivity contribution in [1.82, 2.24) is 0 Å². The molecule has 2 aromatic rings. The fourth-order valence-corrected chi connectivity index (χ4v) is 2.20. The third-order valence-electron chi connectivity index (χ3n) is 3.79. The zero-order valence-electron chi connectivity index (χ0n) is 11.6. The van der Waals surface area contributed by atoms with Crippen molar-refractivity contribution in [3.05, 3.63) is 71.3 Å². The van der Waals surface area contributed by atoms with Gasteiger partial charge in [-0.1, -0.05) is 44.2 Å². The predicted octanol–water partition coefficient (Wildman–Crippen LogP) is 3.85. The molecule has 2 aromatic carbocycles. The fraction of sp³-hybridized carbons (Fsp3) is 0.294. The second kappa shape index (κ2) is 5.71. The smallest absolute Gasteiger partial charge is 0.126 e. The highest BCUT2D eigenvalue weighted by atomic mass is 19.1. The Bertz CT molecular complexity index is 576. The molecule has 106 valence electrons. The SMILES string of the molecule is CC(C)(c1ccc(F)cc1)C(O)Cc1ccccc1F. The van der Waals surface area contributed by atoms with Crippen LogP contribution in [0.1, 0.15) is 25.0 Å². The number of benzene rings is 2. The van der Waals surface area contributed by atoms with Crippen LogP contribution in [0.15, 0.2) is 48.5 Å². The van der Waals surface area contributed by atoms with Crippen LogP contribution in [-0.2, 0) is 11.8 Å². The molecule has 1 nitrogen and oxygen atoms in total. The van der Waals surface area contributed by atoms with Gasteiger partial charge in [-0.15, -0.1) is 0 Å². The zero-order valence-corrected chi connectivity index (χ0v) is 11.6. The van der Waals surface area contributed by atoms with Crippen molar-refractivity contribution in [2.75, 3.05) is 0 Å². The normalized spacial score (nSPS) is 13.2. The standard InChI is InChI=1S/C17H18F2O/c1-17(2,13-7-9-14(18)10-8-13)16(20)11-12-5-3-4-6-15(12)19/h3-10,16,20H,11H2,1-2H3. The first-order valence-electron chi connectivity index (χ1n) is 6.59. The molecule has 0 bridgehead atoms. The van der Waals surface area contributed by atoms with E-state index >= 15 is 0 Å². The van der Waals surface area contributed by atoms with Gasteiger partial charge in [0.25, 0.3) is 0 Å². The van der Waals surface area contributed by atoms with E-state index in [0.717, 1.165) is 5.56 Å². The Morgan fingerprint density at radius 3 is 2.20 bits per heavy atom. The molecule has 0 aromatic heterocycles. The van der Waals surface area contributed by atoms with Gasteiger partial charge in [-0.25, -0.2) is 8.78 Å². The van der Waals surface area contributed by atoms with Crippen LogP contribution in [-0.4, -0.2) is 11.2 Å². The van der Waals surface area contributed by atoms with Gasteiger partial charge in [0.15, 0.2) is 0 Å². The second-order valence-corrected chi connectivity index (χ2v) is 5.54. The van der Waals surface area contributed by atoms with Crippen LogP contribution in [0.25, 0.3) is 0 Å². The Morgan fingerprint density at radius 2 is 1.60 bits per heavy atom. The Morgan fingerprint density at radius 1 is 1.00 bits per heavy atom. The van der Waals surface area contributed by atoms with Crippen LogP contribution in [0.4, 0.5) is 8.78 Å². The van der Waals surface area contributed by atoms with Crippen LogP contribution in [0.3, 0.4) is 0 Å². The Labute approximate surface area is 117 Å². The molecule has 0 aliphatic heterocycles. The maximum Gasteiger partial charge on any atom is 0.126 e. The minimum atomic E-state index is -0.759. The molecule has 0 saturated carbocycles. The predicted molar refractivity (Wildman–Crippen MR) is 75.5 cm³/mol. The number of aliphatic hydroxyl groups is 1. The molecule has 0 radical (unpaired) electrons. The summed E-state index contributed by atoms with van der Waals surface area (Å²) in [4.78, 5) is 0. The van der Waals surface area contributed by atoms with Crippen LogP contribution >= 0.6 is 0 Å². The summed E-state index contributed by atoms with van der Waals surface area (Å²) in [5, 5.41) is 10.4. The lowest BCUT2D eigenvalue weighted by Gasteiger charge is -2.31. The highest BCUT2D eigenvalue weighted by Crippen LogP contribution is 2.29. The van der Waals surface area contributed by atoms with Gasteiger partial charge in [0.05, 0.1) is 6.10 Å². The summed E-state index contributed by atoms with van der Waals surface area (Å²) in [7, 11) is 0. The number of hydrogen-bond acceptors (Lipinski definition) is 1. The van der Waals surface area contributed by atoms with E-state index in [1.54, 1.807) is 30.3 Å². The van der Waals surface area contributed by atoms with Gasteiger partial charge < -0.3 is 5.11 Å². The first-order chi connectivity index (χ1) is 9.41. The van der Waals surface area contributed by atoms with Gasteiger partial charge in [0.2, 0.25) is 0 Å².